The average Bonchev–Trinajstić information content (AvgIpc) is 3.67. The van der Waals surface area contributed by atoms with Crippen molar-refractivity contribution in [3.8, 4) is 5.75 Å². The van der Waals surface area contributed by atoms with E-state index in [4.69, 9.17) is 27.9 Å². The number of piperidine rings is 1. The van der Waals surface area contributed by atoms with Crippen LogP contribution < -0.4 is 10.2 Å². The van der Waals surface area contributed by atoms with Gasteiger partial charge in [-0.05, 0) is 90.9 Å². The third-order valence-corrected chi connectivity index (χ3v) is 7.31. The molecule has 1 heterocycles. The SMILES string of the molecule is CSN(O)NC(=O)c1cc(C2CC2)c(OCC2CCN(Cc3cc(Cl)cc(Cl)c3F)CC2)cc1F. The van der Waals surface area contributed by atoms with Gasteiger partial charge >= 0.3 is 0 Å². The Hall–Kier alpha value is -1.62. The number of carbonyl (C=O) groups excluding carboxylic acids is 1. The molecule has 0 radical (unpaired) electrons. The third-order valence-electron chi connectivity index (χ3n) is 6.38. The number of benzene rings is 2. The van der Waals surface area contributed by atoms with Crippen LogP contribution >= 0.6 is 35.1 Å². The fraction of sp³-hybridized carbons (Fsp3) is 0.458. The summed E-state index contributed by atoms with van der Waals surface area (Å²) < 4.78 is 35.6. The molecule has 0 spiro atoms. The number of likely N-dealkylation sites (tertiary alicyclic amines) is 1. The predicted molar refractivity (Wildman–Crippen MR) is 133 cm³/mol. The molecule has 0 aromatic heterocycles. The molecule has 1 aliphatic heterocycles. The highest BCUT2D eigenvalue weighted by molar-refractivity contribution is 7.96. The van der Waals surface area contributed by atoms with Gasteiger partial charge in [-0.2, -0.15) is 0 Å². The quantitative estimate of drug-likeness (QED) is 0.227. The highest BCUT2D eigenvalue weighted by atomic mass is 35.5. The van der Waals surface area contributed by atoms with Crippen molar-refractivity contribution in [1.82, 2.24) is 14.9 Å². The Morgan fingerprint density at radius 1 is 1.20 bits per heavy atom. The molecule has 11 heteroatoms. The lowest BCUT2D eigenvalue weighted by molar-refractivity contribution is -0.0242. The standard InChI is InChI=1S/C24H27Cl2F2N3O3S/c1-35-31(33)29-24(32)19-10-18(15-2-3-15)22(11-21(19)27)34-13-14-4-6-30(7-5-14)12-16-8-17(25)9-20(26)23(16)28/h8-11,14-15,33H,2-7,12-13H2,1H3,(H,29,32). The van der Waals surface area contributed by atoms with E-state index >= 15 is 0 Å². The first-order valence-electron chi connectivity index (χ1n) is 11.4. The molecule has 2 aromatic carbocycles. The Morgan fingerprint density at radius 3 is 2.57 bits per heavy atom. The summed E-state index contributed by atoms with van der Waals surface area (Å²) in [6.45, 7) is 2.41. The van der Waals surface area contributed by atoms with E-state index < -0.39 is 17.5 Å². The van der Waals surface area contributed by atoms with E-state index in [0.717, 1.165) is 56.3 Å². The first kappa shape index (κ1) is 26.4. The van der Waals surface area contributed by atoms with Crippen molar-refractivity contribution >= 4 is 41.1 Å². The largest absolute Gasteiger partial charge is 0.493 e. The van der Waals surface area contributed by atoms with Crippen LogP contribution in [0, 0.1) is 17.6 Å². The summed E-state index contributed by atoms with van der Waals surface area (Å²) in [4.78, 5) is 14.5. The minimum Gasteiger partial charge on any atom is -0.493 e. The molecule has 0 bridgehead atoms. The van der Waals surface area contributed by atoms with Gasteiger partial charge in [-0.25, -0.2) is 8.78 Å². The van der Waals surface area contributed by atoms with Crippen molar-refractivity contribution in [3.63, 3.8) is 0 Å². The summed E-state index contributed by atoms with van der Waals surface area (Å²) in [6.07, 6.45) is 5.21. The van der Waals surface area contributed by atoms with Crippen LogP contribution in [-0.2, 0) is 6.54 Å². The molecule has 1 aliphatic carbocycles. The summed E-state index contributed by atoms with van der Waals surface area (Å²) in [6, 6.07) is 5.80. The second-order valence-corrected chi connectivity index (χ2v) is 10.5. The summed E-state index contributed by atoms with van der Waals surface area (Å²) in [5.41, 5.74) is 3.36. The van der Waals surface area contributed by atoms with Crippen LogP contribution in [0.25, 0.3) is 0 Å². The number of halogens is 4. The summed E-state index contributed by atoms with van der Waals surface area (Å²) in [5.74, 6) is -0.879. The van der Waals surface area contributed by atoms with Gasteiger partial charge in [0, 0.05) is 29.5 Å². The lowest BCUT2D eigenvalue weighted by Gasteiger charge is -2.32. The van der Waals surface area contributed by atoms with Gasteiger partial charge in [-0.15, -0.1) is 0 Å². The number of ether oxygens (including phenoxy) is 1. The molecule has 1 saturated carbocycles. The fourth-order valence-corrected chi connectivity index (χ4v) is 4.97. The summed E-state index contributed by atoms with van der Waals surface area (Å²) in [7, 11) is 0. The zero-order valence-corrected chi connectivity index (χ0v) is 21.5. The van der Waals surface area contributed by atoms with Crippen molar-refractivity contribution in [2.75, 3.05) is 26.0 Å². The molecular formula is C24H27Cl2F2N3O3S. The van der Waals surface area contributed by atoms with E-state index in [1.807, 2.05) is 0 Å². The average molecular weight is 546 g/mol. The number of hydrogen-bond acceptors (Lipinski definition) is 6. The number of nitrogens with zero attached hydrogens (tertiary/aromatic N) is 2. The Labute approximate surface area is 217 Å². The molecule has 2 N–H and O–H groups in total. The topological polar surface area (TPSA) is 65.0 Å². The fourth-order valence-electron chi connectivity index (χ4n) is 4.26. The molecule has 190 valence electrons. The maximum atomic E-state index is 14.7. The molecule has 1 amide bonds. The number of carbonyl (C=O) groups is 1. The van der Waals surface area contributed by atoms with Gasteiger partial charge < -0.3 is 4.74 Å². The number of hydrogen-bond donors (Lipinski definition) is 2. The number of amides is 1. The van der Waals surface area contributed by atoms with Crippen LogP contribution in [-0.4, -0.2) is 46.5 Å². The van der Waals surface area contributed by atoms with Gasteiger partial charge in [-0.1, -0.05) is 23.2 Å². The first-order valence-corrected chi connectivity index (χ1v) is 13.3. The minimum absolute atomic E-state index is 0.0240. The van der Waals surface area contributed by atoms with Crippen LogP contribution in [0.15, 0.2) is 24.3 Å². The third kappa shape index (κ3) is 6.78. The molecular weight excluding hydrogens is 519 g/mol. The molecule has 4 rings (SSSR count). The van der Waals surface area contributed by atoms with Gasteiger partial charge in [0.05, 0.1) is 17.2 Å². The molecule has 6 nitrogen and oxygen atoms in total. The Kier molecular flexibility index (Phi) is 8.78. The van der Waals surface area contributed by atoms with Crippen LogP contribution in [0.2, 0.25) is 10.0 Å². The molecule has 2 aromatic rings. The number of rotatable bonds is 9. The molecule has 0 unspecified atom stereocenters. The molecule has 1 saturated heterocycles. The second-order valence-electron chi connectivity index (χ2n) is 8.93. The van der Waals surface area contributed by atoms with E-state index in [1.165, 1.54) is 18.2 Å². The van der Waals surface area contributed by atoms with E-state index in [2.05, 4.69) is 10.3 Å². The lowest BCUT2D eigenvalue weighted by Crippen LogP contribution is -2.35. The maximum absolute atomic E-state index is 14.7. The van der Waals surface area contributed by atoms with Gasteiger partial charge in [0.15, 0.2) is 0 Å². The normalized spacial score (nSPS) is 17.1. The van der Waals surface area contributed by atoms with Crippen molar-refractivity contribution in [3.05, 3.63) is 62.6 Å². The van der Waals surface area contributed by atoms with Crippen LogP contribution in [0.1, 0.15) is 53.1 Å². The van der Waals surface area contributed by atoms with Crippen molar-refractivity contribution in [2.24, 2.45) is 5.92 Å². The highest BCUT2D eigenvalue weighted by Crippen LogP contribution is 2.45. The Morgan fingerprint density at radius 2 is 1.91 bits per heavy atom. The van der Waals surface area contributed by atoms with Crippen LogP contribution in [0.4, 0.5) is 8.78 Å². The smallest absolute Gasteiger partial charge is 0.271 e. The maximum Gasteiger partial charge on any atom is 0.271 e. The van der Waals surface area contributed by atoms with Gasteiger partial charge in [-0.3, -0.25) is 20.3 Å². The van der Waals surface area contributed by atoms with E-state index in [9.17, 15) is 18.8 Å². The zero-order chi connectivity index (χ0) is 25.1. The van der Waals surface area contributed by atoms with Crippen molar-refractivity contribution in [2.45, 2.75) is 38.1 Å². The Bertz CT molecular complexity index is 1080. The van der Waals surface area contributed by atoms with Crippen molar-refractivity contribution < 1.29 is 23.5 Å². The van der Waals surface area contributed by atoms with Crippen molar-refractivity contribution in [1.29, 1.82) is 0 Å². The summed E-state index contributed by atoms with van der Waals surface area (Å²) in [5, 5.41) is 9.91. The van der Waals surface area contributed by atoms with Crippen LogP contribution in [0.3, 0.4) is 0 Å². The zero-order valence-electron chi connectivity index (χ0n) is 19.2. The van der Waals surface area contributed by atoms with Gasteiger partial charge in [0.25, 0.3) is 5.91 Å². The summed E-state index contributed by atoms with van der Waals surface area (Å²) >= 11 is 12.8. The monoisotopic (exact) mass is 545 g/mol. The van der Waals surface area contributed by atoms with Gasteiger partial charge in [0.2, 0.25) is 0 Å². The lowest BCUT2D eigenvalue weighted by atomic mass is 9.97. The minimum atomic E-state index is -0.724. The second kappa shape index (κ2) is 11.6. The van der Waals surface area contributed by atoms with E-state index in [-0.39, 0.29) is 22.4 Å². The highest BCUT2D eigenvalue weighted by Gasteiger charge is 2.30. The first-order chi connectivity index (χ1) is 16.7. The predicted octanol–water partition coefficient (Wildman–Crippen LogP) is 6.05. The van der Waals surface area contributed by atoms with Crippen LogP contribution in [0.5, 0.6) is 5.75 Å². The molecule has 35 heavy (non-hydrogen) atoms. The van der Waals surface area contributed by atoms with E-state index in [0.29, 0.717) is 34.1 Å². The molecule has 0 atom stereocenters. The van der Waals surface area contributed by atoms with Gasteiger partial charge in [0.1, 0.15) is 17.4 Å². The molecule has 2 aliphatic rings. The number of nitrogens with one attached hydrogen (secondary N) is 1. The molecule has 2 fully saturated rings. The number of hydrazine groups is 1. The van der Waals surface area contributed by atoms with E-state index in [1.54, 1.807) is 12.3 Å². The Balaban J connectivity index is 1.35.